The standard InChI is InChI=1S/C20H34N2O2/c1-3-5-7-22(8-6-4-2)19(24)18(23)21-20-12-15-9-16(13-20)11-17(10-15)14-20/h15-17H,3-14H2,1-2H3,(H,21,23). The molecule has 4 nitrogen and oxygen atoms in total. The van der Waals surface area contributed by atoms with E-state index in [0.29, 0.717) is 13.1 Å². The number of nitrogens with zero attached hydrogens (tertiary/aromatic N) is 1. The van der Waals surface area contributed by atoms with Crippen molar-refractivity contribution in [3.05, 3.63) is 0 Å². The van der Waals surface area contributed by atoms with Gasteiger partial charge in [-0.3, -0.25) is 9.59 Å². The van der Waals surface area contributed by atoms with Gasteiger partial charge in [-0.25, -0.2) is 0 Å². The maximum Gasteiger partial charge on any atom is 0.311 e. The molecule has 4 heteroatoms. The van der Waals surface area contributed by atoms with Crippen LogP contribution in [0.1, 0.15) is 78.1 Å². The Balaban J connectivity index is 1.61. The lowest BCUT2D eigenvalue weighted by Gasteiger charge is -2.56. The van der Waals surface area contributed by atoms with Crippen LogP contribution in [0.3, 0.4) is 0 Å². The van der Waals surface area contributed by atoms with Crippen LogP contribution in [0.4, 0.5) is 0 Å². The first-order chi connectivity index (χ1) is 11.5. The van der Waals surface area contributed by atoms with Gasteiger partial charge in [0.1, 0.15) is 0 Å². The monoisotopic (exact) mass is 334 g/mol. The van der Waals surface area contributed by atoms with Crippen molar-refractivity contribution in [2.75, 3.05) is 13.1 Å². The zero-order valence-electron chi connectivity index (χ0n) is 15.5. The van der Waals surface area contributed by atoms with Crippen LogP contribution in [0.5, 0.6) is 0 Å². The summed E-state index contributed by atoms with van der Waals surface area (Å²) < 4.78 is 0. The zero-order valence-corrected chi connectivity index (χ0v) is 15.5. The van der Waals surface area contributed by atoms with E-state index in [9.17, 15) is 9.59 Å². The van der Waals surface area contributed by atoms with Gasteiger partial charge in [0, 0.05) is 18.6 Å². The molecule has 0 aromatic rings. The van der Waals surface area contributed by atoms with Crippen LogP contribution < -0.4 is 5.32 Å². The Labute approximate surface area is 146 Å². The minimum atomic E-state index is -0.343. The highest BCUT2D eigenvalue weighted by Gasteiger charge is 2.52. The van der Waals surface area contributed by atoms with Crippen molar-refractivity contribution < 1.29 is 9.59 Å². The SMILES string of the molecule is CCCCN(CCCC)C(=O)C(=O)NC12CC3CC(CC(C3)C1)C2. The Bertz CT molecular complexity index is 431. The van der Waals surface area contributed by atoms with Gasteiger partial charge in [-0.15, -0.1) is 0 Å². The summed E-state index contributed by atoms with van der Waals surface area (Å²) in [4.78, 5) is 27.2. The second-order valence-electron chi connectivity index (χ2n) is 8.65. The van der Waals surface area contributed by atoms with Gasteiger partial charge < -0.3 is 10.2 Å². The number of rotatable bonds is 7. The minimum absolute atomic E-state index is 0.0668. The topological polar surface area (TPSA) is 49.4 Å². The Kier molecular flexibility index (Phi) is 5.51. The van der Waals surface area contributed by atoms with Crippen LogP contribution in [-0.4, -0.2) is 35.3 Å². The van der Waals surface area contributed by atoms with Gasteiger partial charge >= 0.3 is 11.8 Å². The normalized spacial score (nSPS) is 33.5. The van der Waals surface area contributed by atoms with E-state index in [1.54, 1.807) is 4.90 Å². The third-order valence-corrected chi connectivity index (χ3v) is 6.46. The first kappa shape index (κ1) is 17.8. The molecular formula is C20H34N2O2. The van der Waals surface area contributed by atoms with E-state index in [2.05, 4.69) is 19.2 Å². The molecule has 0 radical (unpaired) electrons. The predicted molar refractivity (Wildman–Crippen MR) is 95.4 cm³/mol. The first-order valence-electron chi connectivity index (χ1n) is 10.2. The van der Waals surface area contributed by atoms with E-state index < -0.39 is 0 Å². The molecule has 0 unspecified atom stereocenters. The van der Waals surface area contributed by atoms with Gasteiger partial charge in [0.15, 0.2) is 0 Å². The second kappa shape index (κ2) is 7.45. The largest absolute Gasteiger partial charge is 0.342 e. The van der Waals surface area contributed by atoms with Gasteiger partial charge in [0.2, 0.25) is 0 Å². The Morgan fingerprint density at radius 1 is 0.917 bits per heavy atom. The number of nitrogens with one attached hydrogen (secondary N) is 1. The molecule has 0 atom stereocenters. The van der Waals surface area contributed by atoms with Gasteiger partial charge in [-0.2, -0.15) is 0 Å². The number of amides is 2. The van der Waals surface area contributed by atoms with E-state index in [1.807, 2.05) is 0 Å². The van der Waals surface area contributed by atoms with Gasteiger partial charge in [-0.1, -0.05) is 26.7 Å². The fourth-order valence-electron chi connectivity index (χ4n) is 5.71. The highest BCUT2D eigenvalue weighted by atomic mass is 16.2. The molecule has 4 fully saturated rings. The average molecular weight is 335 g/mol. The van der Waals surface area contributed by atoms with Crippen molar-refractivity contribution in [1.82, 2.24) is 10.2 Å². The summed E-state index contributed by atoms with van der Waals surface area (Å²) in [5, 5.41) is 3.23. The third kappa shape index (κ3) is 3.78. The van der Waals surface area contributed by atoms with Crippen molar-refractivity contribution in [2.45, 2.75) is 83.6 Å². The maximum absolute atomic E-state index is 12.7. The van der Waals surface area contributed by atoms with Crippen molar-refractivity contribution in [3.63, 3.8) is 0 Å². The molecular weight excluding hydrogens is 300 g/mol. The number of unbranched alkanes of at least 4 members (excludes halogenated alkanes) is 2. The molecule has 0 aliphatic heterocycles. The van der Waals surface area contributed by atoms with E-state index in [-0.39, 0.29) is 17.4 Å². The van der Waals surface area contributed by atoms with Crippen LogP contribution in [-0.2, 0) is 9.59 Å². The summed E-state index contributed by atoms with van der Waals surface area (Å²) >= 11 is 0. The Morgan fingerprint density at radius 2 is 1.38 bits per heavy atom. The highest BCUT2D eigenvalue weighted by molar-refractivity contribution is 6.35. The van der Waals surface area contributed by atoms with Crippen molar-refractivity contribution in [2.24, 2.45) is 17.8 Å². The zero-order chi connectivity index (χ0) is 17.2. The Hall–Kier alpha value is -1.06. The fraction of sp³-hybridized carbons (Fsp3) is 0.900. The quantitative estimate of drug-likeness (QED) is 0.724. The van der Waals surface area contributed by atoms with Crippen LogP contribution in [0.15, 0.2) is 0 Å². The first-order valence-corrected chi connectivity index (χ1v) is 10.2. The lowest BCUT2D eigenvalue weighted by molar-refractivity contribution is -0.148. The summed E-state index contributed by atoms with van der Waals surface area (Å²) in [6.07, 6.45) is 11.4. The molecule has 0 aromatic carbocycles. The summed E-state index contributed by atoms with van der Waals surface area (Å²) in [5.74, 6) is 1.70. The lowest BCUT2D eigenvalue weighted by Crippen LogP contribution is -2.62. The molecule has 4 saturated carbocycles. The molecule has 0 aromatic heterocycles. The molecule has 0 saturated heterocycles. The molecule has 0 heterocycles. The molecule has 4 rings (SSSR count). The number of hydrogen-bond donors (Lipinski definition) is 1. The maximum atomic E-state index is 12.7. The van der Waals surface area contributed by atoms with Gasteiger partial charge in [0.25, 0.3) is 0 Å². The predicted octanol–water partition coefficient (Wildman–Crippen LogP) is 3.50. The molecule has 4 bridgehead atoms. The molecule has 1 N–H and O–H groups in total. The molecule has 4 aliphatic rings. The van der Waals surface area contributed by atoms with Gasteiger partial charge in [-0.05, 0) is 69.1 Å². The lowest BCUT2D eigenvalue weighted by atomic mass is 9.53. The molecule has 0 spiro atoms. The van der Waals surface area contributed by atoms with Crippen LogP contribution in [0.2, 0.25) is 0 Å². The van der Waals surface area contributed by atoms with Crippen molar-refractivity contribution in [1.29, 1.82) is 0 Å². The van der Waals surface area contributed by atoms with Gasteiger partial charge in [0.05, 0.1) is 0 Å². The van der Waals surface area contributed by atoms with E-state index in [1.165, 1.54) is 19.3 Å². The highest BCUT2D eigenvalue weighted by Crippen LogP contribution is 2.55. The molecule has 24 heavy (non-hydrogen) atoms. The molecule has 4 aliphatic carbocycles. The smallest absolute Gasteiger partial charge is 0.311 e. The summed E-state index contributed by atoms with van der Waals surface area (Å²) in [5.41, 5.74) is -0.0668. The third-order valence-electron chi connectivity index (χ3n) is 6.46. The summed E-state index contributed by atoms with van der Waals surface area (Å²) in [7, 11) is 0. The second-order valence-corrected chi connectivity index (χ2v) is 8.65. The fourth-order valence-corrected chi connectivity index (χ4v) is 5.71. The molecule has 136 valence electrons. The minimum Gasteiger partial charge on any atom is -0.342 e. The molecule has 2 amide bonds. The Morgan fingerprint density at radius 3 is 1.79 bits per heavy atom. The summed E-state index contributed by atoms with van der Waals surface area (Å²) in [6, 6.07) is 0. The van der Waals surface area contributed by atoms with E-state index in [4.69, 9.17) is 0 Å². The van der Waals surface area contributed by atoms with E-state index in [0.717, 1.165) is 62.7 Å². The average Bonchev–Trinajstić information content (AvgIpc) is 2.52. The number of carbonyl (C=O) groups is 2. The van der Waals surface area contributed by atoms with Crippen molar-refractivity contribution in [3.8, 4) is 0 Å². The van der Waals surface area contributed by atoms with Crippen molar-refractivity contribution >= 4 is 11.8 Å². The van der Waals surface area contributed by atoms with Crippen LogP contribution in [0, 0.1) is 17.8 Å². The van der Waals surface area contributed by atoms with Crippen LogP contribution >= 0.6 is 0 Å². The number of hydrogen-bond acceptors (Lipinski definition) is 2. The summed E-state index contributed by atoms with van der Waals surface area (Å²) in [6.45, 7) is 5.67. The van der Waals surface area contributed by atoms with E-state index >= 15 is 0 Å². The van der Waals surface area contributed by atoms with Crippen LogP contribution in [0.25, 0.3) is 0 Å². The number of carbonyl (C=O) groups excluding carboxylic acids is 2.